The fraction of sp³-hybridized carbons (Fsp3) is 0.552. The lowest BCUT2D eigenvalue weighted by molar-refractivity contribution is 0.0754. The molecule has 8 nitrogen and oxygen atoms in total. The van der Waals surface area contributed by atoms with Crippen molar-refractivity contribution < 1.29 is 18.3 Å². The predicted molar refractivity (Wildman–Crippen MR) is 153 cm³/mol. The number of aliphatic hydroxyl groups excluding tert-OH is 1. The molecule has 2 aromatic rings. The molecule has 4 rings (SSSR count). The Labute approximate surface area is 227 Å². The van der Waals surface area contributed by atoms with Gasteiger partial charge in [-0.3, -0.25) is 9.10 Å². The molecule has 38 heavy (non-hydrogen) atoms. The van der Waals surface area contributed by atoms with E-state index in [0.717, 1.165) is 31.2 Å². The third-order valence-electron chi connectivity index (χ3n) is 7.95. The van der Waals surface area contributed by atoms with Crippen LogP contribution in [-0.4, -0.2) is 62.5 Å². The highest BCUT2D eigenvalue weighted by Crippen LogP contribution is 2.34. The van der Waals surface area contributed by atoms with E-state index in [9.17, 15) is 18.3 Å². The zero-order chi connectivity index (χ0) is 27.2. The van der Waals surface area contributed by atoms with Gasteiger partial charge in [-0.1, -0.05) is 37.3 Å². The lowest BCUT2D eigenvalue weighted by Gasteiger charge is -2.43. The number of aliphatic hydroxyl groups is 1. The van der Waals surface area contributed by atoms with Gasteiger partial charge in [0.1, 0.15) is 0 Å². The number of nitrogens with one attached hydrogen (secondary N) is 3. The van der Waals surface area contributed by atoms with Gasteiger partial charge in [-0.15, -0.1) is 0 Å². The predicted octanol–water partition coefficient (Wildman–Crippen LogP) is 3.67. The number of carbonyl (C=O) groups is 1. The molecule has 2 atom stereocenters. The summed E-state index contributed by atoms with van der Waals surface area (Å²) >= 11 is 0. The Bertz CT molecular complexity index is 1180. The standard InChI is InChI=1S/C29H42N4O4S/c1-3-29(13-10-14-29)31-21-27(34)26(17-22-11-6-5-7-12-22)32-28(35)23-18-24(30-4-2)20-25(19-23)33-15-8-9-16-38(33,36)37/h5-7,11-12,18-20,26-27,30-31,34H,3-4,8-10,13-17,21H2,1-2H3,(H,32,35)/t26-,27+/m0/s1. The van der Waals surface area contributed by atoms with Crippen molar-refractivity contribution in [3.8, 4) is 0 Å². The van der Waals surface area contributed by atoms with Crippen molar-refractivity contribution in [2.45, 2.75) is 76.5 Å². The molecule has 0 bridgehead atoms. The van der Waals surface area contributed by atoms with E-state index in [0.29, 0.717) is 49.4 Å². The van der Waals surface area contributed by atoms with Crippen LogP contribution in [-0.2, 0) is 16.4 Å². The number of hydrogen-bond acceptors (Lipinski definition) is 6. The molecule has 9 heteroatoms. The van der Waals surface area contributed by atoms with Gasteiger partial charge in [0, 0.05) is 36.4 Å². The maximum Gasteiger partial charge on any atom is 0.251 e. The summed E-state index contributed by atoms with van der Waals surface area (Å²) in [5.41, 5.74) is 2.64. The summed E-state index contributed by atoms with van der Waals surface area (Å²) in [4.78, 5) is 13.6. The fourth-order valence-corrected chi connectivity index (χ4v) is 7.02. The minimum atomic E-state index is -3.42. The van der Waals surface area contributed by atoms with Gasteiger partial charge in [-0.25, -0.2) is 8.42 Å². The molecule has 1 saturated carbocycles. The molecule has 1 saturated heterocycles. The quantitative estimate of drug-likeness (QED) is 0.326. The van der Waals surface area contributed by atoms with Gasteiger partial charge < -0.3 is 21.1 Å². The zero-order valence-corrected chi connectivity index (χ0v) is 23.4. The van der Waals surface area contributed by atoms with Crippen LogP contribution in [0.1, 0.15) is 68.3 Å². The Hall–Kier alpha value is -2.62. The third-order valence-corrected chi connectivity index (χ3v) is 9.82. The van der Waals surface area contributed by atoms with E-state index in [1.807, 2.05) is 37.3 Å². The summed E-state index contributed by atoms with van der Waals surface area (Å²) in [6.45, 7) is 5.55. The normalized spacial score (nSPS) is 19.7. The first-order valence-electron chi connectivity index (χ1n) is 13.9. The van der Waals surface area contributed by atoms with Crippen molar-refractivity contribution in [3.05, 3.63) is 59.7 Å². The van der Waals surface area contributed by atoms with Crippen molar-refractivity contribution in [2.24, 2.45) is 0 Å². The first kappa shape index (κ1) is 28.4. The van der Waals surface area contributed by atoms with Crippen LogP contribution in [0.4, 0.5) is 11.4 Å². The second-order valence-electron chi connectivity index (χ2n) is 10.6. The van der Waals surface area contributed by atoms with Crippen molar-refractivity contribution in [1.82, 2.24) is 10.6 Å². The summed E-state index contributed by atoms with van der Waals surface area (Å²) in [5, 5.41) is 21.1. The lowest BCUT2D eigenvalue weighted by atomic mass is 9.74. The van der Waals surface area contributed by atoms with Crippen LogP contribution >= 0.6 is 0 Å². The molecular formula is C29H42N4O4S. The number of nitrogens with zero attached hydrogens (tertiary/aromatic N) is 1. The van der Waals surface area contributed by atoms with E-state index in [1.54, 1.807) is 18.2 Å². The van der Waals surface area contributed by atoms with Gasteiger partial charge in [0.2, 0.25) is 10.0 Å². The van der Waals surface area contributed by atoms with Crippen molar-refractivity contribution in [3.63, 3.8) is 0 Å². The number of amides is 1. The van der Waals surface area contributed by atoms with E-state index in [2.05, 4.69) is 22.9 Å². The van der Waals surface area contributed by atoms with Crippen LogP contribution < -0.4 is 20.3 Å². The van der Waals surface area contributed by atoms with Crippen LogP contribution in [0.25, 0.3) is 0 Å². The van der Waals surface area contributed by atoms with Gasteiger partial charge in [-0.05, 0) is 75.6 Å². The molecular weight excluding hydrogens is 500 g/mol. The van der Waals surface area contributed by atoms with Crippen LogP contribution in [0.2, 0.25) is 0 Å². The molecule has 2 aromatic carbocycles. The smallest absolute Gasteiger partial charge is 0.251 e. The Morgan fingerprint density at radius 3 is 2.47 bits per heavy atom. The maximum atomic E-state index is 13.6. The molecule has 0 radical (unpaired) electrons. The number of anilines is 2. The molecule has 0 aromatic heterocycles. The van der Waals surface area contributed by atoms with Gasteiger partial charge >= 0.3 is 0 Å². The number of carbonyl (C=O) groups excluding carboxylic acids is 1. The first-order valence-corrected chi connectivity index (χ1v) is 15.5. The molecule has 1 heterocycles. The average Bonchev–Trinajstić information content (AvgIpc) is 2.88. The zero-order valence-electron chi connectivity index (χ0n) is 22.6. The molecule has 1 aliphatic carbocycles. The molecule has 0 spiro atoms. The molecule has 1 aliphatic heterocycles. The minimum Gasteiger partial charge on any atom is -0.390 e. The topological polar surface area (TPSA) is 111 Å². The molecule has 1 amide bonds. The van der Waals surface area contributed by atoms with Gasteiger partial charge in [0.05, 0.1) is 23.6 Å². The second-order valence-corrected chi connectivity index (χ2v) is 12.6. The number of hydrogen-bond donors (Lipinski definition) is 4. The fourth-order valence-electron chi connectivity index (χ4n) is 5.40. The van der Waals surface area contributed by atoms with Crippen molar-refractivity contribution in [1.29, 1.82) is 0 Å². The molecule has 2 aliphatic rings. The Morgan fingerprint density at radius 1 is 1.08 bits per heavy atom. The third kappa shape index (κ3) is 6.87. The second kappa shape index (κ2) is 12.5. The minimum absolute atomic E-state index is 0.0806. The Kier molecular flexibility index (Phi) is 9.33. The Morgan fingerprint density at radius 2 is 1.84 bits per heavy atom. The van der Waals surface area contributed by atoms with Crippen LogP contribution in [0.3, 0.4) is 0 Å². The largest absolute Gasteiger partial charge is 0.390 e. The molecule has 4 N–H and O–H groups in total. The summed E-state index contributed by atoms with van der Waals surface area (Å²) in [6.07, 6.45) is 5.52. The number of rotatable bonds is 12. The van der Waals surface area contributed by atoms with Crippen molar-refractivity contribution in [2.75, 3.05) is 35.0 Å². The average molecular weight is 543 g/mol. The molecule has 208 valence electrons. The highest BCUT2D eigenvalue weighted by atomic mass is 32.2. The molecule has 0 unspecified atom stereocenters. The number of β-amino-alcohol motifs (C(OH)–C–C–N with tert-alkyl or cyclic N) is 1. The van der Waals surface area contributed by atoms with E-state index in [4.69, 9.17) is 0 Å². The SMILES string of the molecule is CCNc1cc(C(=O)N[C@@H](Cc2ccccc2)[C@H](O)CNC2(CC)CCC2)cc(N2CCCCS2(=O)=O)c1. The molecule has 2 fully saturated rings. The number of sulfonamides is 1. The van der Waals surface area contributed by atoms with Crippen LogP contribution in [0.15, 0.2) is 48.5 Å². The monoisotopic (exact) mass is 542 g/mol. The van der Waals surface area contributed by atoms with Gasteiger partial charge in [0.25, 0.3) is 5.91 Å². The van der Waals surface area contributed by atoms with Crippen molar-refractivity contribution >= 4 is 27.3 Å². The van der Waals surface area contributed by atoms with E-state index in [-0.39, 0.29) is 17.2 Å². The highest BCUT2D eigenvalue weighted by Gasteiger charge is 2.36. The van der Waals surface area contributed by atoms with Crippen LogP contribution in [0.5, 0.6) is 0 Å². The van der Waals surface area contributed by atoms with Gasteiger partial charge in [-0.2, -0.15) is 0 Å². The summed E-state index contributed by atoms with van der Waals surface area (Å²) in [6, 6.07) is 14.5. The van der Waals surface area contributed by atoms with Gasteiger partial charge in [0.15, 0.2) is 0 Å². The summed E-state index contributed by atoms with van der Waals surface area (Å²) in [5.74, 6) is -0.230. The van der Waals surface area contributed by atoms with E-state index < -0.39 is 22.2 Å². The number of benzene rings is 2. The Balaban J connectivity index is 1.57. The maximum absolute atomic E-state index is 13.6. The van der Waals surface area contributed by atoms with E-state index >= 15 is 0 Å². The summed E-state index contributed by atoms with van der Waals surface area (Å²) < 4.78 is 27.0. The van der Waals surface area contributed by atoms with E-state index in [1.165, 1.54) is 10.7 Å². The summed E-state index contributed by atoms with van der Waals surface area (Å²) in [7, 11) is -3.42. The lowest BCUT2D eigenvalue weighted by Crippen LogP contribution is -2.56. The van der Waals surface area contributed by atoms with Crippen LogP contribution in [0, 0.1) is 0 Å². The highest BCUT2D eigenvalue weighted by molar-refractivity contribution is 7.92. The first-order chi connectivity index (χ1) is 18.2.